The van der Waals surface area contributed by atoms with E-state index >= 15 is 0 Å². The van der Waals surface area contributed by atoms with Gasteiger partial charge in [0.15, 0.2) is 6.10 Å². The fourth-order valence-corrected chi connectivity index (χ4v) is 2.15. The van der Waals surface area contributed by atoms with E-state index in [1.165, 1.54) is 13.0 Å². The smallest absolute Gasteiger partial charge is 0.342 e. The number of rotatable bonds is 5. The van der Waals surface area contributed by atoms with E-state index in [-0.39, 0.29) is 17.2 Å². The third-order valence-electron chi connectivity index (χ3n) is 3.46. The molecule has 2 rings (SSSR count). The number of hydrogen-bond acceptors (Lipinski definition) is 4. The van der Waals surface area contributed by atoms with E-state index in [1.54, 1.807) is 18.2 Å². The molecule has 1 atom stereocenters. The van der Waals surface area contributed by atoms with Gasteiger partial charge in [-0.3, -0.25) is 4.79 Å². The monoisotopic (exact) mass is 315 g/mol. The van der Waals surface area contributed by atoms with Crippen LogP contribution in [0, 0.1) is 5.92 Å². The average molecular weight is 315 g/mol. The third-order valence-corrected chi connectivity index (χ3v) is 3.46. The number of fused-ring (bicyclic) bond motifs is 1. The number of ether oxygens (including phenoxy) is 1. The summed E-state index contributed by atoms with van der Waals surface area (Å²) >= 11 is 0. The summed E-state index contributed by atoms with van der Waals surface area (Å²) in [5, 5.41) is 14.3. The number of esters is 1. The predicted molar refractivity (Wildman–Crippen MR) is 88.3 cm³/mol. The summed E-state index contributed by atoms with van der Waals surface area (Å²) in [5.41, 5.74) is 0.0483. The highest BCUT2D eigenvalue weighted by molar-refractivity contribution is 6.01. The molecule has 0 aliphatic rings. The Labute approximate surface area is 135 Å². The molecule has 0 bridgehead atoms. The van der Waals surface area contributed by atoms with Crippen molar-refractivity contribution in [1.29, 1.82) is 0 Å². The molecule has 23 heavy (non-hydrogen) atoms. The molecule has 2 aromatic carbocycles. The van der Waals surface area contributed by atoms with Crippen molar-refractivity contribution in [3.63, 3.8) is 0 Å². The van der Waals surface area contributed by atoms with Gasteiger partial charge < -0.3 is 15.2 Å². The Bertz CT molecular complexity index is 724. The lowest BCUT2D eigenvalue weighted by molar-refractivity contribution is -0.129. The molecule has 0 heterocycles. The van der Waals surface area contributed by atoms with E-state index in [4.69, 9.17) is 4.74 Å². The van der Waals surface area contributed by atoms with Gasteiger partial charge in [0, 0.05) is 11.9 Å². The number of aromatic hydroxyl groups is 1. The molecule has 0 unspecified atom stereocenters. The SMILES string of the molecule is CC(C)CNC(=O)[C@H](C)OC(=O)c1ccc2ccccc2c1O. The van der Waals surface area contributed by atoms with Crippen LogP contribution in [0.15, 0.2) is 36.4 Å². The highest BCUT2D eigenvalue weighted by Gasteiger charge is 2.21. The van der Waals surface area contributed by atoms with Gasteiger partial charge in [0.25, 0.3) is 5.91 Å². The summed E-state index contributed by atoms with van der Waals surface area (Å²) in [4.78, 5) is 24.1. The summed E-state index contributed by atoms with van der Waals surface area (Å²) in [6.07, 6.45) is -0.924. The Morgan fingerprint density at radius 2 is 1.83 bits per heavy atom. The van der Waals surface area contributed by atoms with Crippen LogP contribution in [-0.2, 0) is 9.53 Å². The molecular formula is C18H21NO4. The summed E-state index contributed by atoms with van der Waals surface area (Å²) in [6, 6.07) is 10.4. The van der Waals surface area contributed by atoms with E-state index in [2.05, 4.69) is 5.32 Å². The molecule has 122 valence electrons. The Morgan fingerprint density at radius 1 is 1.13 bits per heavy atom. The van der Waals surface area contributed by atoms with Gasteiger partial charge >= 0.3 is 5.97 Å². The molecular weight excluding hydrogens is 294 g/mol. The molecule has 0 aliphatic carbocycles. The maximum Gasteiger partial charge on any atom is 0.342 e. The van der Waals surface area contributed by atoms with Crippen molar-refractivity contribution in [2.24, 2.45) is 5.92 Å². The van der Waals surface area contributed by atoms with E-state index in [1.807, 2.05) is 26.0 Å². The highest BCUT2D eigenvalue weighted by atomic mass is 16.5. The maximum absolute atomic E-state index is 12.2. The summed E-state index contributed by atoms with van der Waals surface area (Å²) in [5.74, 6) is -0.901. The van der Waals surface area contributed by atoms with Crippen molar-refractivity contribution < 1.29 is 19.4 Å². The molecule has 5 heteroatoms. The van der Waals surface area contributed by atoms with Crippen LogP contribution in [0.1, 0.15) is 31.1 Å². The van der Waals surface area contributed by atoms with E-state index < -0.39 is 12.1 Å². The summed E-state index contributed by atoms with van der Waals surface area (Å²) in [6.45, 7) is 5.97. The lowest BCUT2D eigenvalue weighted by atomic mass is 10.1. The normalized spacial score (nSPS) is 12.2. The Morgan fingerprint density at radius 3 is 2.52 bits per heavy atom. The van der Waals surface area contributed by atoms with E-state index in [0.29, 0.717) is 17.8 Å². The minimum atomic E-state index is -0.924. The third kappa shape index (κ3) is 4.00. The zero-order valence-electron chi connectivity index (χ0n) is 13.5. The first-order valence-electron chi connectivity index (χ1n) is 7.59. The highest BCUT2D eigenvalue weighted by Crippen LogP contribution is 2.29. The number of nitrogens with one attached hydrogen (secondary N) is 1. The Hall–Kier alpha value is -2.56. The number of phenolic OH excluding ortho intramolecular Hbond substituents is 1. The number of hydrogen-bond donors (Lipinski definition) is 2. The molecule has 0 aromatic heterocycles. The van der Waals surface area contributed by atoms with Gasteiger partial charge in [0.05, 0.1) is 0 Å². The average Bonchev–Trinajstić information content (AvgIpc) is 2.52. The predicted octanol–water partition coefficient (Wildman–Crippen LogP) is 2.86. The summed E-state index contributed by atoms with van der Waals surface area (Å²) in [7, 11) is 0. The molecule has 0 saturated carbocycles. The number of phenols is 1. The first-order valence-corrected chi connectivity index (χ1v) is 7.59. The van der Waals surface area contributed by atoms with Crippen molar-refractivity contribution in [3.05, 3.63) is 42.0 Å². The molecule has 0 radical (unpaired) electrons. The lowest BCUT2D eigenvalue weighted by Crippen LogP contribution is -2.37. The van der Waals surface area contributed by atoms with Crippen LogP contribution < -0.4 is 5.32 Å². The van der Waals surface area contributed by atoms with Gasteiger partial charge in [-0.15, -0.1) is 0 Å². The van der Waals surface area contributed by atoms with Crippen molar-refractivity contribution in [2.75, 3.05) is 6.54 Å². The molecule has 2 N–H and O–H groups in total. The fraction of sp³-hybridized carbons (Fsp3) is 0.333. The lowest BCUT2D eigenvalue weighted by Gasteiger charge is -2.15. The number of benzene rings is 2. The van der Waals surface area contributed by atoms with E-state index in [0.717, 1.165) is 5.39 Å². The van der Waals surface area contributed by atoms with Crippen molar-refractivity contribution in [2.45, 2.75) is 26.9 Å². The van der Waals surface area contributed by atoms with Gasteiger partial charge in [-0.2, -0.15) is 0 Å². The van der Waals surface area contributed by atoms with E-state index in [9.17, 15) is 14.7 Å². The zero-order chi connectivity index (χ0) is 17.0. The van der Waals surface area contributed by atoms with Crippen molar-refractivity contribution in [3.8, 4) is 5.75 Å². The Balaban J connectivity index is 2.11. The van der Waals surface area contributed by atoms with Crippen LogP contribution in [0.5, 0.6) is 5.75 Å². The number of carbonyl (C=O) groups excluding carboxylic acids is 2. The second-order valence-electron chi connectivity index (χ2n) is 5.87. The van der Waals surface area contributed by atoms with Gasteiger partial charge in [0.1, 0.15) is 11.3 Å². The molecule has 5 nitrogen and oxygen atoms in total. The fourth-order valence-electron chi connectivity index (χ4n) is 2.15. The molecule has 0 saturated heterocycles. The largest absolute Gasteiger partial charge is 0.506 e. The minimum Gasteiger partial charge on any atom is -0.506 e. The molecule has 2 aromatic rings. The molecule has 0 spiro atoms. The minimum absolute atomic E-state index is 0.0483. The van der Waals surface area contributed by atoms with Gasteiger partial charge in [-0.05, 0) is 24.3 Å². The van der Waals surface area contributed by atoms with Crippen LogP contribution >= 0.6 is 0 Å². The first kappa shape index (κ1) is 16.8. The van der Waals surface area contributed by atoms with Crippen LogP contribution in [0.25, 0.3) is 10.8 Å². The van der Waals surface area contributed by atoms with Crippen LogP contribution in [0.3, 0.4) is 0 Å². The number of amides is 1. The van der Waals surface area contributed by atoms with Crippen molar-refractivity contribution >= 4 is 22.6 Å². The van der Waals surface area contributed by atoms with Crippen LogP contribution in [0.2, 0.25) is 0 Å². The zero-order valence-corrected chi connectivity index (χ0v) is 13.5. The topological polar surface area (TPSA) is 75.6 Å². The van der Waals surface area contributed by atoms with Gasteiger partial charge in [0.2, 0.25) is 0 Å². The van der Waals surface area contributed by atoms with Crippen molar-refractivity contribution in [1.82, 2.24) is 5.32 Å². The molecule has 0 fully saturated rings. The Kier molecular flexibility index (Phi) is 5.21. The molecule has 1 amide bonds. The molecule has 0 aliphatic heterocycles. The standard InChI is InChI=1S/C18H21NO4/c1-11(2)10-19-17(21)12(3)23-18(22)15-9-8-13-6-4-5-7-14(13)16(15)20/h4-9,11-12,20H,10H2,1-3H3,(H,19,21)/t12-/m0/s1. The van der Waals surface area contributed by atoms with Gasteiger partial charge in [-0.1, -0.05) is 44.2 Å². The summed E-state index contributed by atoms with van der Waals surface area (Å²) < 4.78 is 5.15. The first-order chi connectivity index (χ1) is 10.9. The second-order valence-corrected chi connectivity index (χ2v) is 5.87. The second kappa shape index (κ2) is 7.13. The maximum atomic E-state index is 12.2. The van der Waals surface area contributed by atoms with Gasteiger partial charge in [-0.25, -0.2) is 4.79 Å². The number of carbonyl (C=O) groups is 2. The quantitative estimate of drug-likeness (QED) is 0.832. The van der Waals surface area contributed by atoms with Crippen LogP contribution in [-0.4, -0.2) is 29.6 Å². The van der Waals surface area contributed by atoms with Crippen LogP contribution in [0.4, 0.5) is 0 Å².